The topological polar surface area (TPSA) is 111 Å². The van der Waals surface area contributed by atoms with Gasteiger partial charge in [-0.3, -0.25) is 14.9 Å². The third kappa shape index (κ3) is 4.33. The molecule has 0 saturated heterocycles. The van der Waals surface area contributed by atoms with E-state index in [0.717, 1.165) is 16.2 Å². The molecule has 0 spiro atoms. The minimum absolute atomic E-state index is 0.0566. The zero-order chi connectivity index (χ0) is 20.9. The lowest BCUT2D eigenvalue weighted by Gasteiger charge is -2.07. The average Bonchev–Trinajstić information content (AvgIpc) is 3.41. The van der Waals surface area contributed by atoms with Gasteiger partial charge in [0.05, 0.1) is 25.5 Å². The van der Waals surface area contributed by atoms with E-state index in [0.29, 0.717) is 16.9 Å². The molecule has 0 atom stereocenters. The lowest BCUT2D eigenvalue weighted by Crippen LogP contribution is -2.41. The van der Waals surface area contributed by atoms with E-state index in [2.05, 4.69) is 10.6 Å². The molecule has 2 aromatic heterocycles. The van der Waals surface area contributed by atoms with Crippen LogP contribution in [0.1, 0.15) is 11.3 Å². The Morgan fingerprint density at radius 2 is 1.83 bits per heavy atom. The second-order valence-corrected chi connectivity index (χ2v) is 6.57. The van der Waals surface area contributed by atoms with Crippen molar-refractivity contribution in [2.24, 2.45) is 0 Å². The molecule has 0 aliphatic heterocycles. The smallest absolute Gasteiger partial charge is 0.321 e. The number of ether oxygens (including phenoxy) is 1. The average molecular weight is 406 g/mol. The summed E-state index contributed by atoms with van der Waals surface area (Å²) in [5.74, 6) is -0.788. The van der Waals surface area contributed by atoms with Gasteiger partial charge in [-0.2, -0.15) is 0 Å². The Morgan fingerprint density at radius 1 is 0.967 bits per heavy atom. The highest BCUT2D eigenvalue weighted by Crippen LogP contribution is 2.30. The Labute approximate surface area is 170 Å². The van der Waals surface area contributed by atoms with Crippen LogP contribution in [0.4, 0.5) is 4.79 Å². The molecule has 0 unspecified atom stereocenters. The Kier molecular flexibility index (Phi) is 5.47. The third-order valence-corrected chi connectivity index (χ3v) is 4.50. The number of benzene rings is 2. The van der Waals surface area contributed by atoms with Gasteiger partial charge in [0.15, 0.2) is 6.61 Å². The molecule has 0 saturated carbocycles. The highest BCUT2D eigenvalue weighted by atomic mass is 16.5. The van der Waals surface area contributed by atoms with E-state index < -0.39 is 24.5 Å². The summed E-state index contributed by atoms with van der Waals surface area (Å²) in [5.41, 5.74) is 1.34. The van der Waals surface area contributed by atoms with Crippen LogP contribution in [0.2, 0.25) is 0 Å². The molecular weight excluding hydrogens is 388 g/mol. The van der Waals surface area contributed by atoms with Crippen molar-refractivity contribution in [3.8, 4) is 0 Å². The summed E-state index contributed by atoms with van der Waals surface area (Å²) < 4.78 is 15.6. The van der Waals surface area contributed by atoms with Crippen LogP contribution in [0.15, 0.2) is 69.9 Å². The van der Waals surface area contributed by atoms with Crippen LogP contribution in [0, 0.1) is 0 Å². The zero-order valence-electron chi connectivity index (χ0n) is 15.8. The number of hydrogen-bond acceptors (Lipinski definition) is 6. The van der Waals surface area contributed by atoms with Gasteiger partial charge in [-0.25, -0.2) is 4.79 Å². The Hall–Kier alpha value is -4.07. The van der Waals surface area contributed by atoms with Crippen molar-refractivity contribution in [3.63, 3.8) is 0 Å². The molecule has 0 aliphatic rings. The molecule has 4 aromatic rings. The van der Waals surface area contributed by atoms with Crippen molar-refractivity contribution < 1.29 is 28.0 Å². The minimum Gasteiger partial charge on any atom is -0.467 e. The van der Waals surface area contributed by atoms with E-state index in [1.54, 1.807) is 12.1 Å². The second-order valence-electron chi connectivity index (χ2n) is 6.57. The SMILES string of the molecule is O=C(COC(=O)Cc1coc2ccc3ccccc3c12)NC(=O)NCc1ccco1. The summed E-state index contributed by atoms with van der Waals surface area (Å²) >= 11 is 0. The fraction of sp³-hybridized carbons (Fsp3) is 0.136. The molecule has 0 bridgehead atoms. The molecule has 30 heavy (non-hydrogen) atoms. The molecule has 3 amide bonds. The number of nitrogens with one attached hydrogen (secondary N) is 2. The van der Waals surface area contributed by atoms with Gasteiger partial charge < -0.3 is 18.9 Å². The van der Waals surface area contributed by atoms with E-state index in [-0.39, 0.29) is 13.0 Å². The number of urea groups is 1. The number of amides is 3. The summed E-state index contributed by atoms with van der Waals surface area (Å²) in [6, 6.07) is 14.2. The van der Waals surface area contributed by atoms with Gasteiger partial charge in [-0.15, -0.1) is 0 Å². The van der Waals surface area contributed by atoms with E-state index in [9.17, 15) is 14.4 Å². The maximum absolute atomic E-state index is 12.2. The fourth-order valence-electron chi connectivity index (χ4n) is 3.14. The van der Waals surface area contributed by atoms with Gasteiger partial charge in [0.25, 0.3) is 5.91 Å². The first-order valence-corrected chi connectivity index (χ1v) is 9.23. The number of imide groups is 1. The van der Waals surface area contributed by atoms with Gasteiger partial charge in [0.1, 0.15) is 11.3 Å². The number of fused-ring (bicyclic) bond motifs is 3. The maximum atomic E-state index is 12.2. The molecule has 2 heterocycles. The predicted octanol–water partition coefficient (Wildman–Crippen LogP) is 3.29. The minimum atomic E-state index is -0.734. The molecule has 0 radical (unpaired) electrons. The summed E-state index contributed by atoms with van der Waals surface area (Å²) in [4.78, 5) is 35.7. The second kappa shape index (κ2) is 8.52. The van der Waals surface area contributed by atoms with Gasteiger partial charge in [0.2, 0.25) is 0 Å². The van der Waals surface area contributed by atoms with E-state index >= 15 is 0 Å². The molecule has 0 aliphatic carbocycles. The van der Waals surface area contributed by atoms with Gasteiger partial charge in [0, 0.05) is 10.9 Å². The molecule has 8 heteroatoms. The first-order chi connectivity index (χ1) is 14.6. The molecular formula is C22H18N2O6. The largest absolute Gasteiger partial charge is 0.467 e. The lowest BCUT2D eigenvalue weighted by molar-refractivity contribution is -0.147. The normalized spacial score (nSPS) is 10.8. The summed E-state index contributed by atoms with van der Waals surface area (Å²) in [7, 11) is 0. The molecule has 4 rings (SSSR count). The number of furan rings is 2. The standard InChI is InChI=1S/C22H18N2O6/c25-19(24-22(27)23-11-16-5-3-9-28-16)13-30-20(26)10-15-12-29-18-8-7-14-4-1-2-6-17(14)21(15)18/h1-9,12H,10-11,13H2,(H2,23,24,25,27). The van der Waals surface area contributed by atoms with E-state index in [1.807, 2.05) is 36.4 Å². The van der Waals surface area contributed by atoms with Crippen molar-refractivity contribution in [3.05, 3.63) is 72.4 Å². The zero-order valence-corrected chi connectivity index (χ0v) is 15.8. The Balaban J connectivity index is 1.31. The monoisotopic (exact) mass is 406 g/mol. The highest BCUT2D eigenvalue weighted by Gasteiger charge is 2.16. The number of carbonyl (C=O) groups excluding carboxylic acids is 3. The van der Waals surface area contributed by atoms with Crippen LogP contribution in [-0.2, 0) is 27.3 Å². The quantitative estimate of drug-likeness (QED) is 0.476. The van der Waals surface area contributed by atoms with Crippen molar-refractivity contribution in [2.75, 3.05) is 6.61 Å². The number of hydrogen-bond donors (Lipinski definition) is 2. The van der Waals surface area contributed by atoms with E-state index in [4.69, 9.17) is 13.6 Å². The van der Waals surface area contributed by atoms with Gasteiger partial charge in [-0.1, -0.05) is 30.3 Å². The molecule has 8 nitrogen and oxygen atoms in total. The van der Waals surface area contributed by atoms with Crippen LogP contribution in [0.25, 0.3) is 21.7 Å². The number of carbonyl (C=O) groups is 3. The van der Waals surface area contributed by atoms with Crippen LogP contribution in [0.3, 0.4) is 0 Å². The van der Waals surface area contributed by atoms with Crippen molar-refractivity contribution >= 4 is 39.6 Å². The summed E-state index contributed by atoms with van der Waals surface area (Å²) in [5, 5.41) is 7.38. The van der Waals surface area contributed by atoms with Crippen LogP contribution in [0.5, 0.6) is 0 Å². The van der Waals surface area contributed by atoms with Crippen molar-refractivity contribution in [2.45, 2.75) is 13.0 Å². The van der Waals surface area contributed by atoms with Crippen molar-refractivity contribution in [1.29, 1.82) is 0 Å². The third-order valence-electron chi connectivity index (χ3n) is 4.50. The number of rotatable bonds is 6. The molecule has 2 aromatic carbocycles. The first kappa shape index (κ1) is 19.3. The lowest BCUT2D eigenvalue weighted by atomic mass is 10.0. The summed E-state index contributed by atoms with van der Waals surface area (Å²) in [6.45, 7) is -0.434. The maximum Gasteiger partial charge on any atom is 0.321 e. The summed E-state index contributed by atoms with van der Waals surface area (Å²) in [6.07, 6.45) is 2.94. The molecule has 2 N–H and O–H groups in total. The molecule has 152 valence electrons. The Bertz CT molecular complexity index is 1210. The Morgan fingerprint density at radius 3 is 2.67 bits per heavy atom. The predicted molar refractivity (Wildman–Crippen MR) is 107 cm³/mol. The highest BCUT2D eigenvalue weighted by molar-refractivity contribution is 6.08. The van der Waals surface area contributed by atoms with E-state index in [1.165, 1.54) is 12.5 Å². The van der Waals surface area contributed by atoms with Gasteiger partial charge >= 0.3 is 12.0 Å². The van der Waals surface area contributed by atoms with Crippen LogP contribution in [-0.4, -0.2) is 24.5 Å². The van der Waals surface area contributed by atoms with Crippen LogP contribution >= 0.6 is 0 Å². The van der Waals surface area contributed by atoms with Gasteiger partial charge in [-0.05, 0) is 29.0 Å². The first-order valence-electron chi connectivity index (χ1n) is 9.23. The number of esters is 1. The molecule has 0 fully saturated rings. The fourth-order valence-corrected chi connectivity index (χ4v) is 3.14. The van der Waals surface area contributed by atoms with Crippen LogP contribution < -0.4 is 10.6 Å². The van der Waals surface area contributed by atoms with Crippen molar-refractivity contribution in [1.82, 2.24) is 10.6 Å².